The number of nitrogens with one attached hydrogen (secondary N) is 1. The van der Waals surface area contributed by atoms with Gasteiger partial charge in [0.1, 0.15) is 11.5 Å². The average Bonchev–Trinajstić information content (AvgIpc) is 3.27. The number of benzene rings is 2. The molecule has 0 saturated carbocycles. The van der Waals surface area contributed by atoms with Gasteiger partial charge in [0.15, 0.2) is 0 Å². The third kappa shape index (κ3) is 7.64. The maximum Gasteiger partial charge on any atom is 0.277 e. The van der Waals surface area contributed by atoms with E-state index in [-0.39, 0.29) is 11.7 Å². The van der Waals surface area contributed by atoms with Crippen molar-refractivity contribution in [2.24, 2.45) is 5.10 Å². The molecule has 3 aromatic rings. The third-order valence-electron chi connectivity index (χ3n) is 4.70. The molecule has 0 aliphatic carbocycles. The quantitative estimate of drug-likeness (QED) is 0.242. The number of methoxy groups -OCH3 is 1. The molecule has 1 amide bonds. The molecule has 1 N–H and O–H groups in total. The Balaban J connectivity index is 1.39. The summed E-state index contributed by atoms with van der Waals surface area (Å²) in [6.45, 7) is 4.50. The van der Waals surface area contributed by atoms with Gasteiger partial charge in [-0.1, -0.05) is 36.0 Å². The van der Waals surface area contributed by atoms with Crippen molar-refractivity contribution in [3.63, 3.8) is 0 Å². The number of thioether (sulfide) groups is 1. The maximum atomic E-state index is 12.1. The lowest BCUT2D eigenvalue weighted by molar-refractivity contribution is -0.118. The van der Waals surface area contributed by atoms with Gasteiger partial charge in [-0.25, -0.2) is 5.43 Å². The molecule has 0 atom stereocenters. The zero-order valence-corrected chi connectivity index (χ0v) is 19.9. The Labute approximate surface area is 197 Å². The number of carbonyl (C=O) groups is 1. The average molecular weight is 469 g/mol. The van der Waals surface area contributed by atoms with Crippen LogP contribution in [0.5, 0.6) is 11.5 Å². The van der Waals surface area contributed by atoms with Crippen molar-refractivity contribution in [3.8, 4) is 11.5 Å². The van der Waals surface area contributed by atoms with Crippen LogP contribution in [0.4, 0.5) is 0 Å². The molecule has 3 rings (SSSR count). The number of rotatable bonds is 12. The number of ether oxygens (including phenoxy) is 2. The molecule has 0 unspecified atom stereocenters. The molecular weight excluding hydrogens is 440 g/mol. The van der Waals surface area contributed by atoms with Crippen molar-refractivity contribution in [2.75, 3.05) is 19.5 Å². The molecule has 1 aromatic heterocycles. The second-order valence-electron chi connectivity index (χ2n) is 7.17. The van der Waals surface area contributed by atoms with E-state index in [1.807, 2.05) is 44.2 Å². The highest BCUT2D eigenvalue weighted by Crippen LogP contribution is 2.21. The highest BCUT2D eigenvalue weighted by molar-refractivity contribution is 7.99. The zero-order valence-electron chi connectivity index (χ0n) is 19.0. The van der Waals surface area contributed by atoms with E-state index in [9.17, 15) is 4.79 Å². The Bertz CT molecular complexity index is 1080. The van der Waals surface area contributed by atoms with Crippen LogP contribution in [0, 0.1) is 6.92 Å². The van der Waals surface area contributed by atoms with E-state index in [0.29, 0.717) is 29.9 Å². The summed E-state index contributed by atoms with van der Waals surface area (Å²) in [7, 11) is 1.67. The number of nitrogens with zero attached hydrogens (tertiary/aromatic N) is 3. The molecular formula is C24H28N4O4S. The summed E-state index contributed by atoms with van der Waals surface area (Å²) in [6.07, 6.45) is 4.02. The van der Waals surface area contributed by atoms with Crippen LogP contribution >= 0.6 is 11.8 Å². The molecule has 0 spiro atoms. The van der Waals surface area contributed by atoms with Crippen LogP contribution in [0.2, 0.25) is 0 Å². The van der Waals surface area contributed by atoms with Crippen molar-refractivity contribution in [3.05, 3.63) is 65.0 Å². The van der Waals surface area contributed by atoms with Crippen molar-refractivity contribution < 1.29 is 18.7 Å². The van der Waals surface area contributed by atoms with E-state index >= 15 is 0 Å². The summed E-state index contributed by atoms with van der Waals surface area (Å²) in [5, 5.41) is 12.4. The molecule has 2 aromatic carbocycles. The summed E-state index contributed by atoms with van der Waals surface area (Å²) >= 11 is 1.18. The predicted octanol–water partition coefficient (Wildman–Crippen LogP) is 4.20. The van der Waals surface area contributed by atoms with Crippen LogP contribution in [-0.4, -0.2) is 41.8 Å². The van der Waals surface area contributed by atoms with Crippen LogP contribution < -0.4 is 14.9 Å². The van der Waals surface area contributed by atoms with Crippen molar-refractivity contribution in [2.45, 2.75) is 38.3 Å². The van der Waals surface area contributed by atoms with Crippen molar-refractivity contribution in [1.29, 1.82) is 0 Å². The summed E-state index contributed by atoms with van der Waals surface area (Å²) in [5.74, 6) is 2.03. The fourth-order valence-corrected chi connectivity index (χ4v) is 3.72. The third-order valence-corrected chi connectivity index (χ3v) is 5.52. The number of hydrogen-bond donors (Lipinski definition) is 1. The molecule has 8 nitrogen and oxygen atoms in total. The van der Waals surface area contributed by atoms with Gasteiger partial charge < -0.3 is 13.9 Å². The van der Waals surface area contributed by atoms with Crippen molar-refractivity contribution >= 4 is 23.9 Å². The predicted molar refractivity (Wildman–Crippen MR) is 128 cm³/mol. The largest absolute Gasteiger partial charge is 0.496 e. The van der Waals surface area contributed by atoms with Gasteiger partial charge in [-0.05, 0) is 56.0 Å². The number of carbonyl (C=O) groups excluding carboxylic acids is 1. The van der Waals surface area contributed by atoms with Gasteiger partial charge in [-0.2, -0.15) is 5.10 Å². The van der Waals surface area contributed by atoms with E-state index in [2.05, 4.69) is 32.9 Å². The number of hydrogen-bond acceptors (Lipinski definition) is 8. The molecule has 0 radical (unpaired) electrons. The second kappa shape index (κ2) is 12.6. The Morgan fingerprint density at radius 3 is 2.82 bits per heavy atom. The summed E-state index contributed by atoms with van der Waals surface area (Å²) in [4.78, 5) is 12.1. The molecule has 174 valence electrons. The lowest BCUT2D eigenvalue weighted by Crippen LogP contribution is -2.19. The van der Waals surface area contributed by atoms with Crippen LogP contribution in [-0.2, 0) is 17.6 Å². The molecule has 0 fully saturated rings. The monoisotopic (exact) mass is 468 g/mol. The summed E-state index contributed by atoms with van der Waals surface area (Å²) in [6, 6.07) is 13.7. The van der Waals surface area contributed by atoms with Gasteiger partial charge in [0.25, 0.3) is 11.1 Å². The van der Waals surface area contributed by atoms with Crippen LogP contribution in [0.1, 0.15) is 35.9 Å². The Morgan fingerprint density at radius 1 is 1.18 bits per heavy atom. The van der Waals surface area contributed by atoms with Crippen LogP contribution in [0.25, 0.3) is 0 Å². The SMILES string of the molecule is CCOc1ccccc1C=NNC(=O)CSc1nnc(CCCc2ccc(OC)c(C)c2)o1. The first kappa shape index (κ1) is 24.3. The number of aryl methyl sites for hydroxylation is 3. The standard InChI is InChI=1S/C24H28N4O4S/c1-4-31-21-10-6-5-9-19(21)15-25-26-22(29)16-33-24-28-27-23(32-24)11-7-8-18-12-13-20(30-3)17(2)14-18/h5-6,9-10,12-15H,4,7-8,11,16H2,1-3H3,(H,26,29). The molecule has 0 aliphatic rings. The lowest BCUT2D eigenvalue weighted by Gasteiger charge is -2.06. The first-order valence-electron chi connectivity index (χ1n) is 10.7. The minimum Gasteiger partial charge on any atom is -0.496 e. The van der Waals surface area contributed by atoms with Gasteiger partial charge in [-0.3, -0.25) is 4.79 Å². The minimum absolute atomic E-state index is 0.122. The first-order valence-corrected chi connectivity index (χ1v) is 11.7. The highest BCUT2D eigenvalue weighted by atomic mass is 32.2. The van der Waals surface area contributed by atoms with E-state index in [0.717, 1.165) is 29.7 Å². The number of aromatic nitrogens is 2. The van der Waals surface area contributed by atoms with Gasteiger partial charge in [0.2, 0.25) is 5.89 Å². The van der Waals surface area contributed by atoms with E-state index in [1.54, 1.807) is 13.3 Å². The second-order valence-corrected chi connectivity index (χ2v) is 8.10. The molecule has 1 heterocycles. The Kier molecular flexibility index (Phi) is 9.31. The van der Waals surface area contributed by atoms with Crippen LogP contribution in [0.3, 0.4) is 0 Å². The molecule has 0 bridgehead atoms. The van der Waals surface area contributed by atoms with Gasteiger partial charge in [-0.15, -0.1) is 10.2 Å². The van der Waals surface area contributed by atoms with Crippen molar-refractivity contribution in [1.82, 2.24) is 15.6 Å². The highest BCUT2D eigenvalue weighted by Gasteiger charge is 2.10. The van der Waals surface area contributed by atoms with Gasteiger partial charge in [0, 0.05) is 12.0 Å². The first-order chi connectivity index (χ1) is 16.1. The van der Waals surface area contributed by atoms with E-state index in [4.69, 9.17) is 13.9 Å². The maximum absolute atomic E-state index is 12.1. The summed E-state index contributed by atoms with van der Waals surface area (Å²) < 4.78 is 16.5. The molecule has 0 aliphatic heterocycles. The van der Waals surface area contributed by atoms with E-state index < -0.39 is 0 Å². The normalized spacial score (nSPS) is 11.0. The minimum atomic E-state index is -0.264. The molecule has 0 saturated heterocycles. The summed E-state index contributed by atoms with van der Waals surface area (Å²) in [5.41, 5.74) is 5.65. The topological polar surface area (TPSA) is 98.8 Å². The Morgan fingerprint density at radius 2 is 2.03 bits per heavy atom. The van der Waals surface area contributed by atoms with Gasteiger partial charge in [0.05, 0.1) is 25.7 Å². The van der Waals surface area contributed by atoms with E-state index in [1.165, 1.54) is 17.3 Å². The molecule has 9 heteroatoms. The number of para-hydroxylation sites is 1. The Hall–Kier alpha value is -3.33. The molecule has 33 heavy (non-hydrogen) atoms. The fourth-order valence-electron chi connectivity index (χ4n) is 3.14. The fraction of sp³-hybridized carbons (Fsp3) is 0.333. The smallest absolute Gasteiger partial charge is 0.277 e. The van der Waals surface area contributed by atoms with Crippen LogP contribution in [0.15, 0.2) is 57.2 Å². The zero-order chi connectivity index (χ0) is 23.5. The number of hydrazone groups is 1. The number of amides is 1. The lowest BCUT2D eigenvalue weighted by atomic mass is 10.1. The van der Waals surface area contributed by atoms with Gasteiger partial charge >= 0.3 is 0 Å².